The molecule has 0 amide bonds. The number of rotatable bonds is 10. The summed E-state index contributed by atoms with van der Waals surface area (Å²) in [5.74, 6) is -2.13. The van der Waals surface area contributed by atoms with Gasteiger partial charge in [-0.1, -0.05) is 13.0 Å². The average molecular weight is 329 g/mol. The molecule has 130 valence electrons. The number of carbonyl (C=O) groups is 1. The molecule has 0 spiro atoms. The maximum Gasteiger partial charge on any atom is 0.307 e. The quantitative estimate of drug-likeness (QED) is 0.670. The van der Waals surface area contributed by atoms with Crippen LogP contribution in [-0.4, -0.2) is 42.2 Å². The summed E-state index contributed by atoms with van der Waals surface area (Å²) in [7, 11) is 0. The van der Waals surface area contributed by atoms with Crippen molar-refractivity contribution >= 4 is 5.97 Å². The third kappa shape index (κ3) is 7.05. The number of esters is 1. The second kappa shape index (κ2) is 10.3. The van der Waals surface area contributed by atoms with Gasteiger partial charge in [-0.2, -0.15) is 0 Å². The van der Waals surface area contributed by atoms with Gasteiger partial charge in [0.15, 0.2) is 11.6 Å². The van der Waals surface area contributed by atoms with E-state index in [0.717, 1.165) is 25.1 Å². The Balaban J connectivity index is 2.49. The van der Waals surface area contributed by atoms with E-state index >= 15 is 0 Å². The summed E-state index contributed by atoms with van der Waals surface area (Å²) in [6.45, 7) is 6.07. The molecule has 23 heavy (non-hydrogen) atoms. The van der Waals surface area contributed by atoms with E-state index in [1.165, 1.54) is 6.07 Å². The SMILES string of the molecule is CCCN(CCC(=O)OCC)CCC(O)c1ccc(F)c(F)c1. The first-order chi connectivity index (χ1) is 11.0. The Morgan fingerprint density at radius 2 is 1.96 bits per heavy atom. The van der Waals surface area contributed by atoms with Crippen molar-refractivity contribution in [1.29, 1.82) is 0 Å². The fraction of sp³-hybridized carbons (Fsp3) is 0.588. The summed E-state index contributed by atoms with van der Waals surface area (Å²) in [5.41, 5.74) is 0.353. The van der Waals surface area contributed by atoms with Crippen LogP contribution in [0, 0.1) is 11.6 Å². The largest absolute Gasteiger partial charge is 0.466 e. The fourth-order valence-corrected chi connectivity index (χ4v) is 2.33. The molecular formula is C17H25F2NO3. The predicted molar refractivity (Wildman–Crippen MR) is 83.9 cm³/mol. The van der Waals surface area contributed by atoms with Gasteiger partial charge >= 0.3 is 5.97 Å². The van der Waals surface area contributed by atoms with Crippen LogP contribution in [0.4, 0.5) is 8.78 Å². The monoisotopic (exact) mass is 329 g/mol. The molecule has 0 aliphatic rings. The average Bonchev–Trinajstić information content (AvgIpc) is 2.52. The highest BCUT2D eigenvalue weighted by atomic mass is 19.2. The Hall–Kier alpha value is -1.53. The van der Waals surface area contributed by atoms with Crippen molar-refractivity contribution in [1.82, 2.24) is 4.90 Å². The second-order valence-corrected chi connectivity index (χ2v) is 5.37. The van der Waals surface area contributed by atoms with E-state index in [0.29, 0.717) is 38.1 Å². The van der Waals surface area contributed by atoms with Crippen molar-refractivity contribution in [3.05, 3.63) is 35.4 Å². The summed E-state index contributed by atoms with van der Waals surface area (Å²) < 4.78 is 31.0. The molecule has 0 aromatic heterocycles. The van der Waals surface area contributed by atoms with E-state index in [4.69, 9.17) is 4.74 Å². The van der Waals surface area contributed by atoms with Gasteiger partial charge in [-0.05, 0) is 44.0 Å². The molecule has 0 aliphatic carbocycles. The van der Waals surface area contributed by atoms with Crippen molar-refractivity contribution in [2.45, 2.75) is 39.2 Å². The Labute approximate surface area is 136 Å². The number of carbonyl (C=O) groups excluding carboxylic acids is 1. The van der Waals surface area contributed by atoms with Crippen molar-refractivity contribution in [3.8, 4) is 0 Å². The van der Waals surface area contributed by atoms with Crippen LogP contribution in [-0.2, 0) is 9.53 Å². The minimum Gasteiger partial charge on any atom is -0.466 e. The van der Waals surface area contributed by atoms with Crippen LogP contribution in [0.5, 0.6) is 0 Å². The molecule has 0 bridgehead atoms. The molecule has 0 radical (unpaired) electrons. The number of hydrogen-bond donors (Lipinski definition) is 1. The first-order valence-corrected chi connectivity index (χ1v) is 7.98. The predicted octanol–water partition coefficient (Wildman–Crippen LogP) is 3.05. The first kappa shape index (κ1) is 19.5. The normalized spacial score (nSPS) is 12.4. The van der Waals surface area contributed by atoms with Gasteiger partial charge in [-0.25, -0.2) is 8.78 Å². The van der Waals surface area contributed by atoms with E-state index in [-0.39, 0.29) is 5.97 Å². The van der Waals surface area contributed by atoms with Crippen molar-refractivity contribution < 1.29 is 23.4 Å². The minimum absolute atomic E-state index is 0.241. The van der Waals surface area contributed by atoms with Crippen LogP contribution >= 0.6 is 0 Å². The molecule has 1 rings (SSSR count). The lowest BCUT2D eigenvalue weighted by Crippen LogP contribution is -2.29. The van der Waals surface area contributed by atoms with Gasteiger partial charge in [0.1, 0.15) is 0 Å². The number of ether oxygens (including phenoxy) is 1. The third-order valence-corrected chi connectivity index (χ3v) is 3.52. The lowest BCUT2D eigenvalue weighted by Gasteiger charge is -2.23. The van der Waals surface area contributed by atoms with Gasteiger partial charge in [0.2, 0.25) is 0 Å². The summed E-state index contributed by atoms with van der Waals surface area (Å²) in [5, 5.41) is 10.1. The van der Waals surface area contributed by atoms with Gasteiger partial charge in [0.25, 0.3) is 0 Å². The summed E-state index contributed by atoms with van der Waals surface area (Å²) >= 11 is 0. The molecule has 0 saturated carbocycles. The zero-order valence-electron chi connectivity index (χ0n) is 13.7. The number of nitrogens with zero attached hydrogens (tertiary/aromatic N) is 1. The van der Waals surface area contributed by atoms with Gasteiger partial charge in [-0.3, -0.25) is 4.79 Å². The number of aliphatic hydroxyl groups is 1. The van der Waals surface area contributed by atoms with Crippen LogP contribution in [0.3, 0.4) is 0 Å². The fourth-order valence-electron chi connectivity index (χ4n) is 2.33. The summed E-state index contributed by atoms with van der Waals surface area (Å²) in [6.07, 6.45) is 0.736. The molecule has 0 saturated heterocycles. The van der Waals surface area contributed by atoms with Crippen molar-refractivity contribution in [2.75, 3.05) is 26.2 Å². The third-order valence-electron chi connectivity index (χ3n) is 3.52. The first-order valence-electron chi connectivity index (χ1n) is 7.98. The van der Waals surface area contributed by atoms with Crippen LogP contribution < -0.4 is 0 Å². The van der Waals surface area contributed by atoms with E-state index in [1.54, 1.807) is 6.92 Å². The molecular weight excluding hydrogens is 304 g/mol. The molecule has 0 aliphatic heterocycles. The van der Waals surface area contributed by atoms with Gasteiger partial charge in [0, 0.05) is 13.1 Å². The molecule has 1 aromatic carbocycles. The standard InChI is InChI=1S/C17H25F2NO3/c1-3-9-20(11-8-17(22)23-4-2)10-7-16(21)13-5-6-14(18)15(19)12-13/h5-6,12,16,21H,3-4,7-11H2,1-2H3. The van der Waals surface area contributed by atoms with Crippen molar-refractivity contribution in [3.63, 3.8) is 0 Å². The van der Waals surface area contributed by atoms with Gasteiger partial charge in [0.05, 0.1) is 19.1 Å². The second-order valence-electron chi connectivity index (χ2n) is 5.37. The zero-order chi connectivity index (χ0) is 17.2. The van der Waals surface area contributed by atoms with E-state index in [2.05, 4.69) is 4.90 Å². The molecule has 1 N–H and O–H groups in total. The van der Waals surface area contributed by atoms with Crippen LogP contribution in [0.2, 0.25) is 0 Å². The smallest absolute Gasteiger partial charge is 0.307 e. The molecule has 4 nitrogen and oxygen atoms in total. The number of hydrogen-bond acceptors (Lipinski definition) is 4. The molecule has 0 heterocycles. The number of aliphatic hydroxyl groups excluding tert-OH is 1. The topological polar surface area (TPSA) is 49.8 Å². The Kier molecular flexibility index (Phi) is 8.73. The van der Waals surface area contributed by atoms with Crippen LogP contribution in [0.25, 0.3) is 0 Å². The van der Waals surface area contributed by atoms with Crippen LogP contribution in [0.1, 0.15) is 44.8 Å². The molecule has 0 fully saturated rings. The highest BCUT2D eigenvalue weighted by Crippen LogP contribution is 2.19. The Bertz CT molecular complexity index is 497. The highest BCUT2D eigenvalue weighted by molar-refractivity contribution is 5.69. The van der Waals surface area contributed by atoms with Gasteiger partial charge in [-0.15, -0.1) is 0 Å². The molecule has 1 aromatic rings. The Morgan fingerprint density at radius 1 is 1.22 bits per heavy atom. The Morgan fingerprint density at radius 3 is 2.57 bits per heavy atom. The lowest BCUT2D eigenvalue weighted by atomic mass is 10.1. The summed E-state index contributed by atoms with van der Waals surface area (Å²) in [4.78, 5) is 13.5. The number of benzene rings is 1. The molecule has 1 atom stereocenters. The zero-order valence-corrected chi connectivity index (χ0v) is 13.7. The molecule has 6 heteroatoms. The maximum atomic E-state index is 13.2. The number of halogens is 2. The highest BCUT2D eigenvalue weighted by Gasteiger charge is 2.14. The lowest BCUT2D eigenvalue weighted by molar-refractivity contribution is -0.143. The van der Waals surface area contributed by atoms with Gasteiger partial charge < -0.3 is 14.7 Å². The molecule has 1 unspecified atom stereocenters. The van der Waals surface area contributed by atoms with Crippen LogP contribution in [0.15, 0.2) is 18.2 Å². The minimum atomic E-state index is -0.964. The van der Waals surface area contributed by atoms with E-state index in [1.807, 2.05) is 6.92 Å². The maximum absolute atomic E-state index is 13.2. The van der Waals surface area contributed by atoms with E-state index < -0.39 is 17.7 Å². The summed E-state index contributed by atoms with van der Waals surface area (Å²) in [6, 6.07) is 3.41. The van der Waals surface area contributed by atoms with Crippen molar-refractivity contribution in [2.24, 2.45) is 0 Å². The van der Waals surface area contributed by atoms with E-state index in [9.17, 15) is 18.7 Å².